The summed E-state index contributed by atoms with van der Waals surface area (Å²) in [6.45, 7) is 0. The monoisotopic (exact) mass is 312 g/mol. The van der Waals surface area contributed by atoms with Gasteiger partial charge in [0.25, 0.3) is 0 Å². The summed E-state index contributed by atoms with van der Waals surface area (Å²) in [6.07, 6.45) is 12.1. The first-order chi connectivity index (χ1) is 11.9. The first-order valence-corrected chi connectivity index (χ1v) is 8.23. The van der Waals surface area contributed by atoms with E-state index in [1.54, 1.807) is 6.20 Å². The molecule has 1 aliphatic carbocycles. The lowest BCUT2D eigenvalue weighted by molar-refractivity contribution is 1.11. The molecule has 1 fully saturated rings. The molecule has 0 N–H and O–H groups in total. The molecule has 5 rings (SSSR count). The fraction of sp³-hybridized carbons (Fsp3) is 0.150. The Morgan fingerprint density at radius 1 is 0.917 bits per heavy atom. The first kappa shape index (κ1) is 13.4. The highest BCUT2D eigenvalue weighted by Gasteiger charge is 2.23. The largest absolute Gasteiger partial charge is 0.291 e. The van der Waals surface area contributed by atoms with Crippen LogP contribution in [0, 0.1) is 0 Å². The zero-order valence-corrected chi connectivity index (χ0v) is 13.1. The molecule has 0 atom stereocenters. The van der Waals surface area contributed by atoms with Gasteiger partial charge >= 0.3 is 0 Å². The molecule has 1 aromatic carbocycles. The van der Waals surface area contributed by atoms with E-state index in [2.05, 4.69) is 51.5 Å². The van der Waals surface area contributed by atoms with Crippen molar-refractivity contribution in [3.8, 4) is 22.4 Å². The molecule has 3 heterocycles. The Labute approximate surface area is 139 Å². The molecule has 4 aromatic rings. The average molecular weight is 312 g/mol. The molecule has 1 aliphatic rings. The minimum absolute atomic E-state index is 0.708. The Morgan fingerprint density at radius 3 is 2.79 bits per heavy atom. The van der Waals surface area contributed by atoms with Crippen LogP contribution in [0.3, 0.4) is 0 Å². The summed E-state index contributed by atoms with van der Waals surface area (Å²) in [5.74, 6) is 1.45. The van der Waals surface area contributed by atoms with Gasteiger partial charge in [0.05, 0.1) is 5.69 Å². The van der Waals surface area contributed by atoms with E-state index in [1.807, 2.05) is 29.1 Å². The fourth-order valence-corrected chi connectivity index (χ4v) is 3.18. The summed E-state index contributed by atoms with van der Waals surface area (Å²) in [7, 11) is 0. The van der Waals surface area contributed by atoms with E-state index in [-0.39, 0.29) is 0 Å². The third kappa shape index (κ3) is 2.27. The van der Waals surface area contributed by atoms with Crippen molar-refractivity contribution in [2.24, 2.45) is 0 Å². The van der Waals surface area contributed by atoms with Gasteiger partial charge in [0.15, 0.2) is 0 Å². The van der Waals surface area contributed by atoms with E-state index in [1.165, 1.54) is 24.0 Å². The van der Waals surface area contributed by atoms with Crippen molar-refractivity contribution in [3.63, 3.8) is 0 Å². The van der Waals surface area contributed by atoms with Crippen molar-refractivity contribution in [1.82, 2.24) is 19.4 Å². The molecule has 0 unspecified atom stereocenters. The summed E-state index contributed by atoms with van der Waals surface area (Å²) in [5, 5.41) is 0. The van der Waals surface area contributed by atoms with E-state index in [0.29, 0.717) is 5.78 Å². The van der Waals surface area contributed by atoms with Gasteiger partial charge in [0.2, 0.25) is 5.78 Å². The number of benzene rings is 1. The van der Waals surface area contributed by atoms with Crippen molar-refractivity contribution in [2.75, 3.05) is 0 Å². The molecule has 0 radical (unpaired) electrons. The number of pyridine rings is 1. The maximum absolute atomic E-state index is 4.66. The van der Waals surface area contributed by atoms with Crippen molar-refractivity contribution in [2.45, 2.75) is 18.8 Å². The van der Waals surface area contributed by atoms with Gasteiger partial charge in [-0.1, -0.05) is 24.3 Å². The highest BCUT2D eigenvalue weighted by molar-refractivity contribution is 5.80. The zero-order valence-electron chi connectivity index (χ0n) is 13.1. The minimum Gasteiger partial charge on any atom is -0.291 e. The third-order valence-corrected chi connectivity index (χ3v) is 4.57. The number of nitrogens with zero attached hydrogens (tertiary/aromatic N) is 4. The average Bonchev–Trinajstić information content (AvgIpc) is 3.39. The lowest BCUT2D eigenvalue weighted by Gasteiger charge is -2.10. The molecule has 3 aromatic heterocycles. The van der Waals surface area contributed by atoms with Gasteiger partial charge in [-0.15, -0.1) is 0 Å². The van der Waals surface area contributed by atoms with E-state index in [9.17, 15) is 0 Å². The van der Waals surface area contributed by atoms with E-state index < -0.39 is 0 Å². The van der Waals surface area contributed by atoms with Gasteiger partial charge in [-0.05, 0) is 36.5 Å². The molecule has 116 valence electrons. The Hall–Kier alpha value is -3.01. The lowest BCUT2D eigenvalue weighted by Crippen LogP contribution is -1.93. The van der Waals surface area contributed by atoms with Crippen LogP contribution in [-0.2, 0) is 0 Å². The number of hydrogen-bond donors (Lipinski definition) is 0. The third-order valence-electron chi connectivity index (χ3n) is 4.57. The first-order valence-electron chi connectivity index (χ1n) is 8.23. The van der Waals surface area contributed by atoms with Crippen molar-refractivity contribution in [3.05, 3.63) is 72.9 Å². The van der Waals surface area contributed by atoms with Gasteiger partial charge in [-0.2, -0.15) is 0 Å². The minimum atomic E-state index is 0.708. The van der Waals surface area contributed by atoms with Gasteiger partial charge < -0.3 is 0 Å². The van der Waals surface area contributed by atoms with Crippen LogP contribution >= 0.6 is 0 Å². The smallest absolute Gasteiger partial charge is 0.233 e. The van der Waals surface area contributed by atoms with Crippen LogP contribution in [-0.4, -0.2) is 19.4 Å². The molecule has 0 saturated heterocycles. The molecular weight excluding hydrogens is 296 g/mol. The Kier molecular flexibility index (Phi) is 2.95. The van der Waals surface area contributed by atoms with E-state index in [4.69, 9.17) is 0 Å². The Morgan fingerprint density at radius 2 is 1.88 bits per heavy atom. The van der Waals surface area contributed by atoms with Crippen LogP contribution in [0.1, 0.15) is 24.3 Å². The van der Waals surface area contributed by atoms with Crippen molar-refractivity contribution < 1.29 is 0 Å². The number of hydrogen-bond acceptors (Lipinski definition) is 3. The molecular formula is C20H16N4. The standard InChI is InChI=1S/C20H16N4/c1-3-15(14-6-7-14)11-16(4-1)19-18(5-2-8-21-19)17-12-23-20-22-9-10-24(20)13-17/h1-5,8-14H,6-7H2. The van der Waals surface area contributed by atoms with E-state index in [0.717, 1.165) is 22.7 Å². The molecule has 4 nitrogen and oxygen atoms in total. The van der Waals surface area contributed by atoms with Crippen LogP contribution in [0.5, 0.6) is 0 Å². The van der Waals surface area contributed by atoms with Gasteiger partial charge in [0.1, 0.15) is 0 Å². The van der Waals surface area contributed by atoms with Crippen LogP contribution in [0.25, 0.3) is 28.2 Å². The summed E-state index contributed by atoms with van der Waals surface area (Å²) in [5.41, 5.74) is 5.73. The molecule has 1 saturated carbocycles. The van der Waals surface area contributed by atoms with E-state index >= 15 is 0 Å². The SMILES string of the molecule is c1cc(-c2ncccc2-c2cnc3nccn3c2)cc(C2CC2)c1. The maximum Gasteiger partial charge on any atom is 0.233 e. The molecule has 4 heteroatoms. The van der Waals surface area contributed by atoms with Crippen molar-refractivity contribution in [1.29, 1.82) is 0 Å². The summed E-state index contributed by atoms with van der Waals surface area (Å²) in [6, 6.07) is 12.9. The Bertz CT molecular complexity index is 1030. The van der Waals surface area contributed by atoms with Crippen molar-refractivity contribution >= 4 is 5.78 Å². The van der Waals surface area contributed by atoms with Gasteiger partial charge in [-0.25, -0.2) is 9.97 Å². The predicted molar refractivity (Wildman–Crippen MR) is 93.6 cm³/mol. The number of rotatable bonds is 3. The quantitative estimate of drug-likeness (QED) is 0.565. The topological polar surface area (TPSA) is 43.1 Å². The summed E-state index contributed by atoms with van der Waals surface area (Å²) in [4.78, 5) is 13.3. The lowest BCUT2D eigenvalue weighted by atomic mass is 9.99. The second-order valence-corrected chi connectivity index (χ2v) is 6.28. The Balaban J connectivity index is 1.66. The predicted octanol–water partition coefficient (Wildman–Crippen LogP) is 4.34. The van der Waals surface area contributed by atoms with Gasteiger partial charge in [-0.3, -0.25) is 9.38 Å². The molecule has 0 aliphatic heterocycles. The zero-order chi connectivity index (χ0) is 15.9. The van der Waals surface area contributed by atoms with Gasteiger partial charge in [0, 0.05) is 47.7 Å². The number of imidazole rings is 1. The molecule has 0 amide bonds. The van der Waals surface area contributed by atoms with Crippen LogP contribution in [0.4, 0.5) is 0 Å². The number of aromatic nitrogens is 4. The normalized spacial score (nSPS) is 14.2. The molecule has 0 spiro atoms. The molecule has 24 heavy (non-hydrogen) atoms. The fourth-order valence-electron chi connectivity index (χ4n) is 3.18. The highest BCUT2D eigenvalue weighted by Crippen LogP contribution is 2.41. The number of fused-ring (bicyclic) bond motifs is 1. The van der Waals surface area contributed by atoms with Crippen LogP contribution < -0.4 is 0 Å². The van der Waals surface area contributed by atoms with Crippen LogP contribution in [0.2, 0.25) is 0 Å². The second-order valence-electron chi connectivity index (χ2n) is 6.28. The highest BCUT2D eigenvalue weighted by atomic mass is 15.1. The second kappa shape index (κ2) is 5.27. The molecule has 0 bridgehead atoms. The summed E-state index contributed by atoms with van der Waals surface area (Å²) < 4.78 is 1.94. The maximum atomic E-state index is 4.66. The summed E-state index contributed by atoms with van der Waals surface area (Å²) >= 11 is 0. The van der Waals surface area contributed by atoms with Crippen LogP contribution in [0.15, 0.2) is 67.4 Å².